The molecule has 1 heterocycles. The molecule has 1 amide bonds. The first-order valence-electron chi connectivity index (χ1n) is 8.89. The number of nitrogens with two attached hydrogens (primary N) is 1. The Kier molecular flexibility index (Phi) is 6.23. The number of sulfonamides is 1. The van der Waals surface area contributed by atoms with Gasteiger partial charge in [0.25, 0.3) is 0 Å². The summed E-state index contributed by atoms with van der Waals surface area (Å²) in [6, 6.07) is 16.2. The number of carbonyl (C=O) groups excluding carboxylic acids is 1. The normalized spacial score (nSPS) is 11.3. The number of nitrogens with zero attached hydrogens (tertiary/aromatic N) is 2. The minimum Gasteiger partial charge on any atom is -0.356 e. The molecule has 1 aromatic heterocycles. The molecule has 2 aromatic carbocycles. The van der Waals surface area contributed by atoms with E-state index in [0.717, 1.165) is 23.2 Å². The lowest BCUT2D eigenvalue weighted by molar-refractivity contribution is -0.121. The van der Waals surface area contributed by atoms with Gasteiger partial charge in [-0.15, -0.1) is 0 Å². The Balaban J connectivity index is 1.41. The van der Waals surface area contributed by atoms with Crippen LogP contribution in [0.4, 0.5) is 0 Å². The molecule has 3 rings (SSSR count). The van der Waals surface area contributed by atoms with Crippen LogP contribution >= 0.6 is 0 Å². The Morgan fingerprint density at radius 2 is 1.64 bits per heavy atom. The highest BCUT2D eigenvalue weighted by atomic mass is 32.2. The van der Waals surface area contributed by atoms with Crippen LogP contribution in [0.2, 0.25) is 0 Å². The van der Waals surface area contributed by atoms with Gasteiger partial charge in [0.2, 0.25) is 15.9 Å². The third-order valence-electron chi connectivity index (χ3n) is 4.33. The zero-order valence-corrected chi connectivity index (χ0v) is 16.1. The zero-order chi connectivity index (χ0) is 20.0. The van der Waals surface area contributed by atoms with Crippen LogP contribution < -0.4 is 10.5 Å². The van der Waals surface area contributed by atoms with Crippen molar-refractivity contribution in [3.8, 4) is 5.69 Å². The maximum atomic E-state index is 12.0. The number of nitrogens with one attached hydrogen (secondary N) is 1. The molecule has 3 aromatic rings. The Bertz CT molecular complexity index is 1010. The Morgan fingerprint density at radius 3 is 2.25 bits per heavy atom. The second kappa shape index (κ2) is 8.81. The molecule has 3 N–H and O–H groups in total. The molecule has 146 valence electrons. The maximum absolute atomic E-state index is 12.0. The van der Waals surface area contributed by atoms with Gasteiger partial charge in [-0.1, -0.05) is 24.3 Å². The first kappa shape index (κ1) is 19.8. The smallest absolute Gasteiger partial charge is 0.238 e. The van der Waals surface area contributed by atoms with E-state index in [2.05, 4.69) is 10.4 Å². The summed E-state index contributed by atoms with van der Waals surface area (Å²) in [7, 11) is -3.69. The van der Waals surface area contributed by atoms with Crippen molar-refractivity contribution in [2.75, 3.05) is 6.54 Å². The Morgan fingerprint density at radius 1 is 1.00 bits per heavy atom. The van der Waals surface area contributed by atoms with E-state index in [4.69, 9.17) is 5.14 Å². The van der Waals surface area contributed by atoms with E-state index < -0.39 is 10.0 Å². The van der Waals surface area contributed by atoms with Gasteiger partial charge in [-0.2, -0.15) is 5.10 Å². The minimum atomic E-state index is -3.69. The number of amides is 1. The topological polar surface area (TPSA) is 107 Å². The molecule has 0 aliphatic carbocycles. The molecular formula is C20H22N4O3S. The summed E-state index contributed by atoms with van der Waals surface area (Å²) in [5.74, 6) is -0.0383. The number of hydrogen-bond acceptors (Lipinski definition) is 4. The second-order valence-electron chi connectivity index (χ2n) is 6.41. The van der Waals surface area contributed by atoms with E-state index in [-0.39, 0.29) is 10.8 Å². The minimum absolute atomic E-state index is 0.0383. The number of aromatic nitrogens is 2. The molecule has 0 saturated carbocycles. The predicted octanol–water partition coefficient (Wildman–Crippen LogP) is 1.81. The third kappa shape index (κ3) is 5.51. The molecule has 0 saturated heterocycles. The van der Waals surface area contributed by atoms with E-state index in [0.29, 0.717) is 19.4 Å². The number of benzene rings is 2. The molecule has 0 fully saturated rings. The van der Waals surface area contributed by atoms with Crippen LogP contribution in [0.3, 0.4) is 0 Å². The van der Waals surface area contributed by atoms with Crippen LogP contribution in [0, 0.1) is 0 Å². The van der Waals surface area contributed by atoms with Gasteiger partial charge in [0.1, 0.15) is 0 Å². The van der Waals surface area contributed by atoms with Gasteiger partial charge in [0.05, 0.1) is 10.6 Å². The number of hydrogen-bond donors (Lipinski definition) is 2. The van der Waals surface area contributed by atoms with Crippen molar-refractivity contribution in [1.82, 2.24) is 15.1 Å². The average molecular weight is 398 g/mol. The number of primary sulfonamides is 1. The summed E-state index contributed by atoms with van der Waals surface area (Å²) >= 11 is 0. The molecule has 28 heavy (non-hydrogen) atoms. The highest BCUT2D eigenvalue weighted by molar-refractivity contribution is 7.89. The summed E-state index contributed by atoms with van der Waals surface area (Å²) in [6.07, 6.45) is 5.24. The van der Waals surface area contributed by atoms with Gasteiger partial charge >= 0.3 is 0 Å². The standard InChI is InChI=1S/C20H22N4O3S/c21-28(26,27)19-9-4-16(5-10-19)6-11-20(25)22-14-12-17-2-7-18(8-3-17)24-15-1-13-23-24/h1-5,7-10,13,15H,6,11-12,14H2,(H,22,25)(H2,21,26,27). The molecule has 0 aliphatic rings. The second-order valence-corrected chi connectivity index (χ2v) is 7.97. The fourth-order valence-electron chi connectivity index (χ4n) is 2.78. The van der Waals surface area contributed by atoms with Gasteiger partial charge < -0.3 is 5.32 Å². The number of rotatable bonds is 8. The summed E-state index contributed by atoms with van der Waals surface area (Å²) in [5, 5.41) is 12.2. The van der Waals surface area contributed by atoms with Crippen molar-refractivity contribution in [2.45, 2.75) is 24.2 Å². The molecule has 8 heteroatoms. The lowest BCUT2D eigenvalue weighted by Crippen LogP contribution is -2.25. The highest BCUT2D eigenvalue weighted by Crippen LogP contribution is 2.11. The van der Waals surface area contributed by atoms with Gasteiger partial charge in [-0.05, 0) is 54.3 Å². The fraction of sp³-hybridized carbons (Fsp3) is 0.200. The van der Waals surface area contributed by atoms with Crippen LogP contribution in [0.15, 0.2) is 71.9 Å². The molecule has 0 spiro atoms. The molecule has 0 radical (unpaired) electrons. The van der Waals surface area contributed by atoms with Crippen LogP contribution in [0.1, 0.15) is 17.5 Å². The molecule has 7 nitrogen and oxygen atoms in total. The maximum Gasteiger partial charge on any atom is 0.238 e. The van der Waals surface area contributed by atoms with Crippen LogP contribution in [-0.2, 0) is 27.7 Å². The van der Waals surface area contributed by atoms with Crippen molar-refractivity contribution in [2.24, 2.45) is 5.14 Å². The largest absolute Gasteiger partial charge is 0.356 e. The molecule has 0 bridgehead atoms. The van der Waals surface area contributed by atoms with Gasteiger partial charge in [-0.3, -0.25) is 4.79 Å². The van der Waals surface area contributed by atoms with E-state index >= 15 is 0 Å². The van der Waals surface area contributed by atoms with Crippen LogP contribution in [0.25, 0.3) is 5.69 Å². The van der Waals surface area contributed by atoms with Crippen molar-refractivity contribution in [1.29, 1.82) is 0 Å². The number of carbonyl (C=O) groups is 1. The van der Waals surface area contributed by atoms with Crippen molar-refractivity contribution < 1.29 is 13.2 Å². The molecule has 0 unspecified atom stereocenters. The Labute approximate surface area is 164 Å². The molecular weight excluding hydrogens is 376 g/mol. The lowest BCUT2D eigenvalue weighted by atomic mass is 10.1. The third-order valence-corrected chi connectivity index (χ3v) is 5.26. The van der Waals surface area contributed by atoms with Crippen molar-refractivity contribution >= 4 is 15.9 Å². The van der Waals surface area contributed by atoms with Gasteiger partial charge in [0.15, 0.2) is 0 Å². The summed E-state index contributed by atoms with van der Waals surface area (Å²) in [4.78, 5) is 12.1. The van der Waals surface area contributed by atoms with Gasteiger partial charge in [-0.25, -0.2) is 18.2 Å². The fourth-order valence-corrected chi connectivity index (χ4v) is 3.29. The summed E-state index contributed by atoms with van der Waals surface area (Å²) in [5.41, 5.74) is 3.01. The molecule has 0 atom stereocenters. The average Bonchev–Trinajstić information content (AvgIpc) is 3.21. The first-order valence-corrected chi connectivity index (χ1v) is 10.4. The Hall–Kier alpha value is -2.97. The van der Waals surface area contributed by atoms with E-state index in [1.807, 2.05) is 36.5 Å². The van der Waals surface area contributed by atoms with E-state index in [1.165, 1.54) is 12.1 Å². The van der Waals surface area contributed by atoms with E-state index in [1.54, 1.807) is 23.0 Å². The van der Waals surface area contributed by atoms with E-state index in [9.17, 15) is 13.2 Å². The summed E-state index contributed by atoms with van der Waals surface area (Å²) in [6.45, 7) is 0.560. The quantitative estimate of drug-likeness (QED) is 0.603. The van der Waals surface area contributed by atoms with Crippen molar-refractivity contribution in [3.05, 3.63) is 78.1 Å². The van der Waals surface area contributed by atoms with Crippen molar-refractivity contribution in [3.63, 3.8) is 0 Å². The number of aryl methyl sites for hydroxylation is 1. The van der Waals surface area contributed by atoms with Gasteiger partial charge in [0, 0.05) is 25.4 Å². The summed E-state index contributed by atoms with van der Waals surface area (Å²) < 4.78 is 24.3. The lowest BCUT2D eigenvalue weighted by Gasteiger charge is -2.07. The first-order chi connectivity index (χ1) is 13.4. The van der Waals surface area contributed by atoms with Crippen LogP contribution in [-0.4, -0.2) is 30.7 Å². The van der Waals surface area contributed by atoms with Crippen LogP contribution in [0.5, 0.6) is 0 Å². The SMILES string of the molecule is NS(=O)(=O)c1ccc(CCC(=O)NCCc2ccc(-n3cccn3)cc2)cc1. The molecule has 0 aliphatic heterocycles. The monoisotopic (exact) mass is 398 g/mol. The highest BCUT2D eigenvalue weighted by Gasteiger charge is 2.08. The zero-order valence-electron chi connectivity index (χ0n) is 15.3. The predicted molar refractivity (Wildman–Crippen MR) is 106 cm³/mol.